The van der Waals surface area contributed by atoms with Gasteiger partial charge in [-0.1, -0.05) is 0 Å². The molecule has 5 aliphatic rings. The molecule has 9 rings (SSSR count). The van der Waals surface area contributed by atoms with E-state index in [1.165, 1.54) is 87.8 Å². The number of rotatable bonds is 5. The summed E-state index contributed by atoms with van der Waals surface area (Å²) in [5.74, 6) is 0.447. The maximum absolute atomic E-state index is 2.96. The Morgan fingerprint density at radius 1 is 0.615 bits per heavy atom. The van der Waals surface area contributed by atoms with Crippen LogP contribution in [-0.2, 0) is 32.1 Å². The fourth-order valence-corrected chi connectivity index (χ4v) is 20.4. The van der Waals surface area contributed by atoms with Crippen molar-refractivity contribution in [2.24, 2.45) is 11.3 Å². The minimum atomic E-state index is -2.96. The molecular weight excluding hydrogens is 704 g/mol. The molecule has 0 bridgehead atoms. The first kappa shape index (κ1) is 34.4. The molecule has 0 amide bonds. The van der Waals surface area contributed by atoms with Crippen LogP contribution in [0.25, 0.3) is 22.3 Å². The van der Waals surface area contributed by atoms with Crippen LogP contribution in [0.1, 0.15) is 136 Å². The summed E-state index contributed by atoms with van der Waals surface area (Å²) in [5, 5.41) is 0. The second-order valence-corrected chi connectivity index (χ2v) is 24.3. The number of hydrogen-bond acceptors (Lipinski definition) is 0. The first-order valence-electron chi connectivity index (χ1n) is 19.9. The molecule has 1 heteroatoms. The average Bonchev–Trinajstić information content (AvgIpc) is 3.80. The molecule has 0 nitrogen and oxygen atoms in total. The van der Waals surface area contributed by atoms with Gasteiger partial charge in [0.1, 0.15) is 0 Å². The van der Waals surface area contributed by atoms with Crippen molar-refractivity contribution in [2.75, 3.05) is 0 Å². The molecule has 4 aromatic rings. The quantitative estimate of drug-likeness (QED) is 0.190. The van der Waals surface area contributed by atoms with Crippen LogP contribution in [0.3, 0.4) is 0 Å². The Balaban J connectivity index is 1.39. The molecular formula is C51H54Zr. The van der Waals surface area contributed by atoms with Crippen molar-refractivity contribution in [3.05, 3.63) is 163 Å². The van der Waals surface area contributed by atoms with Crippen LogP contribution in [0.15, 0.2) is 118 Å². The van der Waals surface area contributed by atoms with Crippen molar-refractivity contribution >= 4 is 14.4 Å². The van der Waals surface area contributed by atoms with Crippen molar-refractivity contribution in [1.82, 2.24) is 0 Å². The molecule has 0 aromatic heterocycles. The molecule has 0 spiro atoms. The second-order valence-electron chi connectivity index (χ2n) is 18.2. The van der Waals surface area contributed by atoms with Crippen LogP contribution < -0.4 is 0 Å². The Kier molecular flexibility index (Phi) is 8.14. The SMILES string of the molecule is CC1=CC(C)(C)c2cc3c(cc21)-c1cc2c(cc1[CH]3[Zr]([C]1=CC(C3(C)CCCCC3)=CC1C)=[C](c1ccccc1)c1ccccc1)C(C)(C)C=C2C. The van der Waals surface area contributed by atoms with E-state index < -0.39 is 21.3 Å². The van der Waals surface area contributed by atoms with Crippen LogP contribution in [-0.4, -0.2) is 3.21 Å². The van der Waals surface area contributed by atoms with Gasteiger partial charge in [-0.15, -0.1) is 0 Å². The van der Waals surface area contributed by atoms with E-state index in [0.29, 0.717) is 9.54 Å². The summed E-state index contributed by atoms with van der Waals surface area (Å²) < 4.78 is 3.81. The Morgan fingerprint density at radius 3 is 1.58 bits per heavy atom. The van der Waals surface area contributed by atoms with Gasteiger partial charge in [-0.2, -0.15) is 0 Å². The van der Waals surface area contributed by atoms with Crippen LogP contribution in [0.2, 0.25) is 0 Å². The average molecular weight is 758 g/mol. The third kappa shape index (κ3) is 5.35. The van der Waals surface area contributed by atoms with E-state index in [0.717, 1.165) is 0 Å². The van der Waals surface area contributed by atoms with E-state index in [4.69, 9.17) is 0 Å². The summed E-state index contributed by atoms with van der Waals surface area (Å²) in [6, 6.07) is 33.7. The van der Waals surface area contributed by atoms with Gasteiger partial charge in [0.25, 0.3) is 0 Å². The van der Waals surface area contributed by atoms with E-state index >= 15 is 0 Å². The van der Waals surface area contributed by atoms with Crippen LogP contribution in [0.4, 0.5) is 0 Å². The zero-order valence-electron chi connectivity index (χ0n) is 32.6. The second kappa shape index (κ2) is 12.3. The van der Waals surface area contributed by atoms with Gasteiger partial charge >= 0.3 is 323 Å². The fraction of sp³-hybridized carbons (Fsp3) is 0.353. The molecule has 0 radical (unpaired) electrons. The molecule has 1 fully saturated rings. The van der Waals surface area contributed by atoms with E-state index in [9.17, 15) is 0 Å². The summed E-state index contributed by atoms with van der Waals surface area (Å²) in [6.07, 6.45) is 17.3. The predicted octanol–water partition coefficient (Wildman–Crippen LogP) is 13.5. The van der Waals surface area contributed by atoms with Gasteiger partial charge in [0.2, 0.25) is 0 Å². The summed E-state index contributed by atoms with van der Waals surface area (Å²) in [4.78, 5) is 0. The van der Waals surface area contributed by atoms with Gasteiger partial charge in [-0.3, -0.25) is 0 Å². The van der Waals surface area contributed by atoms with Gasteiger partial charge in [0.05, 0.1) is 0 Å². The maximum atomic E-state index is 2.79. The standard InChI is InChI=1S/C25H25.C13H19.C13H10.Zr/c1-14-12-24(3,4)22-8-16-7-17-9-23-19(15(2)13-25(23,5)6)11-21(17)20(16)10-18(14)22;1-11-6-7-12(10-11)13(2)8-4-3-5-9-13;1-3-7-12(8-4-1)11-13-9-5-2-6-10-13;/h7-13H,1-6H3;7,10-11H,3-5,8-9H2,1-2H3;1-10H;. The molecule has 5 aliphatic carbocycles. The molecule has 4 aromatic carbocycles. The first-order valence-corrected chi connectivity index (χ1v) is 23.8. The summed E-state index contributed by atoms with van der Waals surface area (Å²) in [6.45, 7) is 19.5. The molecule has 0 saturated heterocycles. The molecule has 0 heterocycles. The van der Waals surface area contributed by atoms with Gasteiger partial charge in [0, 0.05) is 0 Å². The number of allylic oxidation sites excluding steroid dienone is 8. The molecule has 1 unspecified atom stereocenters. The Bertz CT molecular complexity index is 2170. The number of benzene rings is 4. The molecule has 0 aliphatic heterocycles. The first-order chi connectivity index (χ1) is 24.9. The zero-order valence-corrected chi connectivity index (χ0v) is 35.0. The van der Waals surface area contributed by atoms with Crippen molar-refractivity contribution in [2.45, 2.75) is 102 Å². The van der Waals surface area contributed by atoms with E-state index in [1.54, 1.807) is 23.2 Å². The van der Waals surface area contributed by atoms with Crippen molar-refractivity contribution in [1.29, 1.82) is 0 Å². The van der Waals surface area contributed by atoms with E-state index in [2.05, 4.69) is 165 Å². The van der Waals surface area contributed by atoms with Crippen molar-refractivity contribution in [3.63, 3.8) is 0 Å². The minimum absolute atomic E-state index is 0.0238. The molecule has 262 valence electrons. The summed E-state index contributed by atoms with van der Waals surface area (Å²) in [7, 11) is 0. The van der Waals surface area contributed by atoms with Crippen molar-refractivity contribution < 1.29 is 21.3 Å². The number of fused-ring (bicyclic) bond motifs is 5. The third-order valence-corrected chi connectivity index (χ3v) is 22.3. The fourth-order valence-electron chi connectivity index (χ4n) is 10.9. The Morgan fingerprint density at radius 2 is 1.10 bits per heavy atom. The van der Waals surface area contributed by atoms with Crippen LogP contribution >= 0.6 is 0 Å². The van der Waals surface area contributed by atoms with E-state index in [1.807, 2.05) is 0 Å². The topological polar surface area (TPSA) is 0 Å². The third-order valence-electron chi connectivity index (χ3n) is 13.6. The molecule has 1 saturated carbocycles. The van der Waals surface area contributed by atoms with E-state index in [-0.39, 0.29) is 16.2 Å². The Hall–Kier alpha value is -3.41. The predicted molar refractivity (Wildman–Crippen MR) is 220 cm³/mol. The normalized spacial score (nSPS) is 21.7. The monoisotopic (exact) mass is 756 g/mol. The summed E-state index contributed by atoms with van der Waals surface area (Å²) in [5.41, 5.74) is 19.7. The Labute approximate surface area is 320 Å². The van der Waals surface area contributed by atoms with Gasteiger partial charge in [-0.25, -0.2) is 0 Å². The van der Waals surface area contributed by atoms with Crippen LogP contribution in [0.5, 0.6) is 0 Å². The molecule has 0 N–H and O–H groups in total. The van der Waals surface area contributed by atoms with Gasteiger partial charge in [0.15, 0.2) is 0 Å². The summed E-state index contributed by atoms with van der Waals surface area (Å²) >= 11 is -2.96. The van der Waals surface area contributed by atoms with Gasteiger partial charge in [-0.05, 0) is 0 Å². The van der Waals surface area contributed by atoms with Crippen LogP contribution in [0, 0.1) is 11.3 Å². The molecule has 1 atom stereocenters. The molecule has 52 heavy (non-hydrogen) atoms. The van der Waals surface area contributed by atoms with Crippen molar-refractivity contribution in [3.8, 4) is 11.1 Å². The zero-order chi connectivity index (χ0) is 36.2. The number of hydrogen-bond donors (Lipinski definition) is 0. The van der Waals surface area contributed by atoms with Gasteiger partial charge < -0.3 is 0 Å².